The molecular formula is C22H15F3N2O3S. The summed E-state index contributed by atoms with van der Waals surface area (Å²) in [6.45, 7) is 0. The summed E-state index contributed by atoms with van der Waals surface area (Å²) in [5.74, 6) is 0.744. The average molecular weight is 444 g/mol. The predicted octanol–water partition coefficient (Wildman–Crippen LogP) is 5.51. The van der Waals surface area contributed by atoms with Crippen LogP contribution in [0.4, 0.5) is 13.2 Å². The minimum atomic E-state index is -4.52. The fraction of sp³-hybridized carbons (Fsp3) is 0.0909. The molecule has 0 fully saturated rings. The largest absolute Gasteiger partial charge is 0.457 e. The molecule has 4 aromatic rings. The van der Waals surface area contributed by atoms with Crippen molar-refractivity contribution in [3.8, 4) is 22.8 Å². The quantitative estimate of drug-likeness (QED) is 0.415. The second-order valence-electron chi connectivity index (χ2n) is 6.80. The van der Waals surface area contributed by atoms with E-state index in [2.05, 4.69) is 9.97 Å². The average Bonchev–Trinajstić information content (AvgIpc) is 2.72. The van der Waals surface area contributed by atoms with Crippen molar-refractivity contribution in [1.29, 1.82) is 0 Å². The molecule has 9 heteroatoms. The Labute approximate surface area is 176 Å². The van der Waals surface area contributed by atoms with E-state index in [9.17, 15) is 21.6 Å². The predicted molar refractivity (Wildman–Crippen MR) is 110 cm³/mol. The number of fused-ring (bicyclic) bond motifs is 1. The van der Waals surface area contributed by atoms with Crippen LogP contribution in [0.3, 0.4) is 0 Å². The van der Waals surface area contributed by atoms with E-state index in [-0.39, 0.29) is 15.9 Å². The maximum absolute atomic E-state index is 13.2. The van der Waals surface area contributed by atoms with Gasteiger partial charge in [0, 0.05) is 11.8 Å². The lowest BCUT2D eigenvalue weighted by molar-refractivity contribution is -0.136. The lowest BCUT2D eigenvalue weighted by Gasteiger charge is -2.11. The van der Waals surface area contributed by atoms with Gasteiger partial charge in [0.25, 0.3) is 0 Å². The van der Waals surface area contributed by atoms with Crippen LogP contribution < -0.4 is 4.74 Å². The zero-order valence-electron chi connectivity index (χ0n) is 16.1. The number of ether oxygens (including phenoxy) is 1. The molecule has 0 amide bonds. The first-order chi connectivity index (χ1) is 14.6. The van der Waals surface area contributed by atoms with E-state index in [0.29, 0.717) is 22.8 Å². The van der Waals surface area contributed by atoms with Crippen molar-refractivity contribution < 1.29 is 26.3 Å². The molecule has 0 radical (unpaired) electrons. The van der Waals surface area contributed by atoms with Gasteiger partial charge in [-0.15, -0.1) is 0 Å². The molecule has 0 saturated carbocycles. The van der Waals surface area contributed by atoms with Gasteiger partial charge in [-0.2, -0.15) is 13.2 Å². The Balaban J connectivity index is 1.68. The summed E-state index contributed by atoms with van der Waals surface area (Å²) in [6.07, 6.45) is -2.14. The Bertz CT molecular complexity index is 1390. The topological polar surface area (TPSA) is 69.2 Å². The lowest BCUT2D eigenvalue weighted by Crippen LogP contribution is -2.07. The first-order valence-electron chi connectivity index (χ1n) is 9.03. The molecule has 4 rings (SSSR count). The van der Waals surface area contributed by atoms with Crippen LogP contribution in [0, 0.1) is 0 Å². The molecule has 0 bridgehead atoms. The van der Waals surface area contributed by atoms with Crippen molar-refractivity contribution in [2.45, 2.75) is 11.1 Å². The van der Waals surface area contributed by atoms with Crippen LogP contribution in [0.2, 0.25) is 0 Å². The summed E-state index contributed by atoms with van der Waals surface area (Å²) >= 11 is 0. The first-order valence-corrected chi connectivity index (χ1v) is 10.9. The van der Waals surface area contributed by atoms with Crippen LogP contribution in [0.1, 0.15) is 5.56 Å². The summed E-state index contributed by atoms with van der Waals surface area (Å²) in [6, 6.07) is 16.6. The highest BCUT2D eigenvalue weighted by atomic mass is 32.2. The number of alkyl halides is 3. The van der Waals surface area contributed by atoms with Crippen molar-refractivity contribution >= 4 is 20.9 Å². The van der Waals surface area contributed by atoms with Crippen LogP contribution in [0.5, 0.6) is 11.5 Å². The Hall–Kier alpha value is -3.46. The molecule has 3 aromatic carbocycles. The highest BCUT2D eigenvalue weighted by Gasteiger charge is 2.33. The summed E-state index contributed by atoms with van der Waals surface area (Å²) in [5.41, 5.74) is 0.0286. The van der Waals surface area contributed by atoms with Gasteiger partial charge in [0.15, 0.2) is 9.84 Å². The standard InChI is InChI=1S/C22H15F3N2O3S/c1-31(28,29)17-8-3-7-16(12-17)30-15-6-2-5-14(11-15)20-13-26-21-18(22(23,24)25)9-4-10-19(21)27-20/h2-13H,1H3. The highest BCUT2D eigenvalue weighted by Crippen LogP contribution is 2.34. The molecule has 0 aliphatic rings. The van der Waals surface area contributed by atoms with Gasteiger partial charge in [-0.3, -0.25) is 4.98 Å². The maximum Gasteiger partial charge on any atom is 0.418 e. The van der Waals surface area contributed by atoms with E-state index in [4.69, 9.17) is 4.74 Å². The monoisotopic (exact) mass is 444 g/mol. The third kappa shape index (κ3) is 4.51. The third-order valence-electron chi connectivity index (χ3n) is 4.48. The number of para-hydroxylation sites is 1. The van der Waals surface area contributed by atoms with Crippen LogP contribution >= 0.6 is 0 Å². The smallest absolute Gasteiger partial charge is 0.418 e. The van der Waals surface area contributed by atoms with Crippen LogP contribution in [0.25, 0.3) is 22.3 Å². The number of halogens is 3. The van der Waals surface area contributed by atoms with Gasteiger partial charge in [0.05, 0.1) is 27.9 Å². The van der Waals surface area contributed by atoms with E-state index in [1.165, 1.54) is 30.5 Å². The Morgan fingerprint density at radius 1 is 0.903 bits per heavy atom. The van der Waals surface area contributed by atoms with Gasteiger partial charge in [0.1, 0.15) is 17.0 Å². The molecule has 0 aliphatic carbocycles. The molecule has 1 heterocycles. The summed E-state index contributed by atoms with van der Waals surface area (Å²) in [5, 5.41) is 0. The summed E-state index contributed by atoms with van der Waals surface area (Å²) in [4.78, 5) is 8.43. The SMILES string of the molecule is CS(=O)(=O)c1cccc(Oc2cccc(-c3cnc4c(C(F)(F)F)cccc4n3)c2)c1. The van der Waals surface area contributed by atoms with E-state index < -0.39 is 21.6 Å². The van der Waals surface area contributed by atoms with Gasteiger partial charge in [0.2, 0.25) is 0 Å². The number of benzene rings is 3. The number of sulfone groups is 1. The van der Waals surface area contributed by atoms with Crippen molar-refractivity contribution in [3.05, 3.63) is 78.5 Å². The number of hydrogen-bond donors (Lipinski definition) is 0. The zero-order valence-corrected chi connectivity index (χ0v) is 16.9. The molecule has 0 spiro atoms. The molecule has 0 atom stereocenters. The van der Waals surface area contributed by atoms with Crippen molar-refractivity contribution in [1.82, 2.24) is 9.97 Å². The zero-order chi connectivity index (χ0) is 22.2. The van der Waals surface area contributed by atoms with Crippen LogP contribution in [0.15, 0.2) is 77.8 Å². The highest BCUT2D eigenvalue weighted by molar-refractivity contribution is 7.90. The second-order valence-corrected chi connectivity index (χ2v) is 8.82. The summed E-state index contributed by atoms with van der Waals surface area (Å²) < 4.78 is 68.8. The summed E-state index contributed by atoms with van der Waals surface area (Å²) in [7, 11) is -3.38. The number of aromatic nitrogens is 2. The number of hydrogen-bond acceptors (Lipinski definition) is 5. The molecular weight excluding hydrogens is 429 g/mol. The van der Waals surface area contributed by atoms with Crippen molar-refractivity contribution in [3.63, 3.8) is 0 Å². The molecule has 1 aromatic heterocycles. The first kappa shape index (κ1) is 20.8. The van der Waals surface area contributed by atoms with E-state index in [0.717, 1.165) is 12.3 Å². The molecule has 5 nitrogen and oxygen atoms in total. The molecule has 0 aliphatic heterocycles. The minimum absolute atomic E-state index is 0.125. The molecule has 31 heavy (non-hydrogen) atoms. The number of nitrogens with zero attached hydrogens (tertiary/aromatic N) is 2. The fourth-order valence-corrected chi connectivity index (χ4v) is 3.69. The van der Waals surface area contributed by atoms with Crippen molar-refractivity contribution in [2.24, 2.45) is 0 Å². The number of rotatable bonds is 4. The Morgan fingerprint density at radius 3 is 2.29 bits per heavy atom. The Morgan fingerprint density at radius 2 is 1.58 bits per heavy atom. The second kappa shape index (κ2) is 7.66. The van der Waals surface area contributed by atoms with Gasteiger partial charge in [-0.25, -0.2) is 13.4 Å². The van der Waals surface area contributed by atoms with E-state index in [1.807, 2.05) is 0 Å². The van der Waals surface area contributed by atoms with E-state index in [1.54, 1.807) is 36.4 Å². The van der Waals surface area contributed by atoms with Crippen molar-refractivity contribution in [2.75, 3.05) is 6.26 Å². The van der Waals surface area contributed by atoms with E-state index >= 15 is 0 Å². The molecule has 0 N–H and O–H groups in total. The fourth-order valence-electron chi connectivity index (χ4n) is 3.03. The third-order valence-corrected chi connectivity index (χ3v) is 5.59. The maximum atomic E-state index is 13.2. The van der Waals surface area contributed by atoms with Crippen LogP contribution in [-0.4, -0.2) is 24.6 Å². The molecule has 0 saturated heterocycles. The van der Waals surface area contributed by atoms with Gasteiger partial charge >= 0.3 is 6.18 Å². The normalized spacial score (nSPS) is 12.1. The molecule has 158 valence electrons. The Kier molecular flexibility index (Phi) is 5.14. The van der Waals surface area contributed by atoms with Crippen LogP contribution in [-0.2, 0) is 16.0 Å². The van der Waals surface area contributed by atoms with Gasteiger partial charge in [-0.1, -0.05) is 24.3 Å². The molecule has 0 unspecified atom stereocenters. The minimum Gasteiger partial charge on any atom is -0.457 e. The van der Waals surface area contributed by atoms with Gasteiger partial charge in [-0.05, 0) is 42.5 Å². The lowest BCUT2D eigenvalue weighted by atomic mass is 10.1. The van der Waals surface area contributed by atoms with Gasteiger partial charge < -0.3 is 4.74 Å².